The minimum atomic E-state index is -4.03. The van der Waals surface area contributed by atoms with Crippen LogP contribution in [-0.2, 0) is 14.9 Å². The summed E-state index contributed by atoms with van der Waals surface area (Å²) >= 11 is 0. The minimum absolute atomic E-state index is 0.301. The third-order valence-electron chi connectivity index (χ3n) is 2.17. The van der Waals surface area contributed by atoms with E-state index in [2.05, 4.69) is 4.72 Å². The van der Waals surface area contributed by atoms with Crippen molar-refractivity contribution in [2.45, 2.75) is 26.4 Å². The van der Waals surface area contributed by atoms with Gasteiger partial charge in [-0.3, -0.25) is 4.72 Å². The normalized spacial score (nSPS) is 11.8. The first kappa shape index (κ1) is 16.1. The summed E-state index contributed by atoms with van der Waals surface area (Å²) in [5, 5.41) is 0. The van der Waals surface area contributed by atoms with Crippen molar-refractivity contribution in [1.82, 2.24) is 4.31 Å². The lowest BCUT2D eigenvalue weighted by Crippen LogP contribution is -2.40. The van der Waals surface area contributed by atoms with Gasteiger partial charge in [-0.05, 0) is 45.0 Å². The summed E-state index contributed by atoms with van der Waals surface area (Å²) in [7, 11) is -2.91. The number of nitrogens with zero attached hydrogens (tertiary/aromatic N) is 1. The van der Waals surface area contributed by atoms with E-state index in [0.29, 0.717) is 15.7 Å². The zero-order valence-electron chi connectivity index (χ0n) is 11.9. The lowest BCUT2D eigenvalue weighted by Gasteiger charge is -2.24. The van der Waals surface area contributed by atoms with Crippen LogP contribution in [0.4, 0.5) is 16.2 Å². The summed E-state index contributed by atoms with van der Waals surface area (Å²) in [4.78, 5) is 11.7. The highest BCUT2D eigenvalue weighted by Gasteiger charge is 2.28. The quantitative estimate of drug-likeness (QED) is 0.829. The van der Waals surface area contributed by atoms with E-state index in [-0.39, 0.29) is 0 Å². The number of carbonyl (C=O) groups is 1. The van der Waals surface area contributed by atoms with E-state index in [1.807, 2.05) is 0 Å². The number of nitrogen functional groups attached to an aromatic ring is 1. The molecule has 0 unspecified atom stereocenters. The number of nitrogens with two attached hydrogens (primary N) is 1. The molecule has 20 heavy (non-hydrogen) atoms. The maximum absolute atomic E-state index is 12.0. The monoisotopic (exact) mass is 301 g/mol. The molecule has 1 rings (SSSR count). The number of carbonyl (C=O) groups excluding carboxylic acids is 1. The minimum Gasteiger partial charge on any atom is -0.443 e. The van der Waals surface area contributed by atoms with Gasteiger partial charge >= 0.3 is 16.3 Å². The van der Waals surface area contributed by atoms with E-state index in [9.17, 15) is 13.2 Å². The van der Waals surface area contributed by atoms with Crippen LogP contribution in [0.25, 0.3) is 0 Å². The van der Waals surface area contributed by atoms with Crippen LogP contribution in [0.2, 0.25) is 0 Å². The van der Waals surface area contributed by atoms with Gasteiger partial charge in [0.15, 0.2) is 0 Å². The molecule has 8 heteroatoms. The zero-order chi connectivity index (χ0) is 15.6. The Hall–Kier alpha value is -1.96. The molecule has 0 aliphatic carbocycles. The average molecular weight is 301 g/mol. The molecule has 0 bridgehead atoms. The average Bonchev–Trinajstić information content (AvgIpc) is 2.28. The van der Waals surface area contributed by atoms with Crippen LogP contribution >= 0.6 is 0 Å². The molecule has 0 aromatic heterocycles. The summed E-state index contributed by atoms with van der Waals surface area (Å²) in [5.41, 5.74) is 5.54. The largest absolute Gasteiger partial charge is 0.443 e. The Bertz CT molecular complexity index is 576. The molecule has 0 heterocycles. The molecule has 112 valence electrons. The van der Waals surface area contributed by atoms with Gasteiger partial charge < -0.3 is 10.5 Å². The van der Waals surface area contributed by atoms with Crippen LogP contribution in [0.15, 0.2) is 24.3 Å². The summed E-state index contributed by atoms with van der Waals surface area (Å²) in [6.45, 7) is 4.95. The zero-order valence-corrected chi connectivity index (χ0v) is 12.7. The smallest absolute Gasteiger partial charge is 0.425 e. The van der Waals surface area contributed by atoms with Crippen molar-refractivity contribution in [3.8, 4) is 0 Å². The van der Waals surface area contributed by atoms with Crippen LogP contribution < -0.4 is 10.5 Å². The number of nitrogens with one attached hydrogen (secondary N) is 1. The highest BCUT2D eigenvalue weighted by atomic mass is 32.2. The lowest BCUT2D eigenvalue weighted by molar-refractivity contribution is 0.0421. The van der Waals surface area contributed by atoms with Crippen molar-refractivity contribution in [2.24, 2.45) is 0 Å². The summed E-state index contributed by atoms with van der Waals surface area (Å²) < 4.78 is 31.7. The second-order valence-corrected chi connectivity index (χ2v) is 6.88. The Balaban J connectivity index is 2.82. The predicted octanol–water partition coefficient (Wildman–Crippen LogP) is 1.79. The molecule has 0 saturated heterocycles. The maximum Gasteiger partial charge on any atom is 0.425 e. The molecule has 1 amide bonds. The van der Waals surface area contributed by atoms with Crippen molar-refractivity contribution < 1.29 is 17.9 Å². The first-order chi connectivity index (χ1) is 9.01. The first-order valence-corrected chi connectivity index (χ1v) is 7.30. The third kappa shape index (κ3) is 4.61. The fourth-order valence-corrected chi connectivity index (χ4v) is 2.00. The van der Waals surface area contributed by atoms with Crippen LogP contribution in [0.1, 0.15) is 20.8 Å². The van der Waals surface area contributed by atoms with E-state index in [0.717, 1.165) is 7.05 Å². The van der Waals surface area contributed by atoms with Gasteiger partial charge in [0, 0.05) is 12.7 Å². The Kier molecular flexibility index (Phi) is 4.49. The number of amides is 1. The molecule has 3 N–H and O–H groups in total. The van der Waals surface area contributed by atoms with Crippen LogP contribution in [0, 0.1) is 0 Å². The predicted molar refractivity (Wildman–Crippen MR) is 77.4 cm³/mol. The van der Waals surface area contributed by atoms with Crippen molar-refractivity contribution in [1.29, 1.82) is 0 Å². The van der Waals surface area contributed by atoms with E-state index in [4.69, 9.17) is 10.5 Å². The fraction of sp³-hybridized carbons (Fsp3) is 0.417. The molecule has 0 aliphatic heterocycles. The molecule has 0 aliphatic rings. The first-order valence-electron chi connectivity index (χ1n) is 5.86. The third-order valence-corrected chi connectivity index (χ3v) is 3.53. The standard InChI is InChI=1S/C12H19N3O4S/c1-12(2,3)19-11(16)15(4)20(17,18)14-10-7-5-9(13)6-8-10/h5-8,14H,13H2,1-4H3. The van der Waals surface area contributed by atoms with E-state index in [1.165, 1.54) is 12.1 Å². The van der Waals surface area contributed by atoms with Gasteiger partial charge in [0.2, 0.25) is 0 Å². The van der Waals surface area contributed by atoms with Crippen molar-refractivity contribution in [3.63, 3.8) is 0 Å². The summed E-state index contributed by atoms with van der Waals surface area (Å²) in [6.07, 6.45) is -0.958. The van der Waals surface area contributed by atoms with E-state index in [1.54, 1.807) is 32.9 Å². The SMILES string of the molecule is CN(C(=O)OC(C)(C)C)S(=O)(=O)Nc1ccc(N)cc1. The molecule has 7 nitrogen and oxygen atoms in total. The Morgan fingerprint density at radius 3 is 2.20 bits per heavy atom. The van der Waals surface area contributed by atoms with Crippen LogP contribution in [0.3, 0.4) is 0 Å². The maximum atomic E-state index is 12.0. The number of hydrogen-bond acceptors (Lipinski definition) is 5. The van der Waals surface area contributed by atoms with Gasteiger partial charge in [-0.1, -0.05) is 0 Å². The molecule has 0 spiro atoms. The molecule has 1 aromatic rings. The van der Waals surface area contributed by atoms with Crippen molar-refractivity contribution in [3.05, 3.63) is 24.3 Å². The van der Waals surface area contributed by atoms with Crippen LogP contribution in [0.5, 0.6) is 0 Å². The molecular weight excluding hydrogens is 282 g/mol. The van der Waals surface area contributed by atoms with Crippen molar-refractivity contribution >= 4 is 27.7 Å². The van der Waals surface area contributed by atoms with Gasteiger partial charge in [-0.15, -0.1) is 0 Å². The molecular formula is C12H19N3O4S. The van der Waals surface area contributed by atoms with Gasteiger partial charge in [0.1, 0.15) is 5.60 Å². The van der Waals surface area contributed by atoms with Crippen molar-refractivity contribution in [2.75, 3.05) is 17.5 Å². The second-order valence-electron chi connectivity index (χ2n) is 5.18. The van der Waals surface area contributed by atoms with Gasteiger partial charge in [-0.25, -0.2) is 4.79 Å². The molecule has 0 fully saturated rings. The lowest BCUT2D eigenvalue weighted by atomic mass is 10.2. The number of hydrogen-bond donors (Lipinski definition) is 2. The van der Waals surface area contributed by atoms with E-state index < -0.39 is 21.9 Å². The molecule has 0 radical (unpaired) electrons. The highest BCUT2D eigenvalue weighted by Crippen LogP contribution is 2.15. The Morgan fingerprint density at radius 2 is 1.75 bits per heavy atom. The second kappa shape index (κ2) is 5.58. The molecule has 0 atom stereocenters. The van der Waals surface area contributed by atoms with Gasteiger partial charge in [-0.2, -0.15) is 12.7 Å². The summed E-state index contributed by atoms with van der Waals surface area (Å²) in [6, 6.07) is 6.09. The Labute approximate surface area is 118 Å². The highest BCUT2D eigenvalue weighted by molar-refractivity contribution is 7.90. The van der Waals surface area contributed by atoms with Crippen LogP contribution in [-0.4, -0.2) is 31.5 Å². The topological polar surface area (TPSA) is 102 Å². The van der Waals surface area contributed by atoms with Gasteiger partial charge in [0.05, 0.1) is 5.69 Å². The number of anilines is 2. The Morgan fingerprint density at radius 1 is 1.25 bits per heavy atom. The van der Waals surface area contributed by atoms with Gasteiger partial charge in [0.25, 0.3) is 0 Å². The van der Waals surface area contributed by atoms with E-state index >= 15 is 0 Å². The summed E-state index contributed by atoms with van der Waals surface area (Å²) in [5.74, 6) is 0. The number of benzene rings is 1. The number of ether oxygens (including phenoxy) is 1. The molecule has 1 aromatic carbocycles. The fourth-order valence-electron chi connectivity index (χ4n) is 1.19. The molecule has 0 saturated carbocycles. The number of rotatable bonds is 3.